The number of nitrogens with zero attached hydrogens (tertiary/aromatic N) is 3. The summed E-state index contributed by atoms with van der Waals surface area (Å²) < 4.78 is 38.4. The molecule has 24 heavy (non-hydrogen) atoms. The minimum Gasteiger partial charge on any atom is -0.394 e. The molecule has 2 heterocycles. The Balaban J connectivity index is 2.36. The molecule has 0 aliphatic heterocycles. The van der Waals surface area contributed by atoms with Crippen molar-refractivity contribution in [3.63, 3.8) is 0 Å². The average Bonchev–Trinajstić information content (AvgIpc) is 2.55. The normalized spacial score (nSPS) is 12.9. The Hall–Kier alpha value is -2.13. The number of hydrogen-bond acceptors (Lipinski definition) is 5. The third kappa shape index (κ3) is 3.85. The summed E-state index contributed by atoms with van der Waals surface area (Å²) >= 11 is 5.98. The summed E-state index contributed by atoms with van der Waals surface area (Å²) in [6.07, 6.45) is -2.06. The van der Waals surface area contributed by atoms with Crippen LogP contribution in [0.2, 0.25) is 5.02 Å². The summed E-state index contributed by atoms with van der Waals surface area (Å²) in [5.74, 6) is -0.0874. The molecule has 0 amide bonds. The third-order valence-corrected chi connectivity index (χ3v) is 3.65. The number of aliphatic hydroxyl groups is 1. The Morgan fingerprint density at radius 2 is 2.08 bits per heavy atom. The monoisotopic (exact) mass is 362 g/mol. The van der Waals surface area contributed by atoms with E-state index in [4.69, 9.17) is 16.7 Å². The first-order chi connectivity index (χ1) is 11.3. The van der Waals surface area contributed by atoms with E-state index in [1.165, 1.54) is 6.20 Å². The van der Waals surface area contributed by atoms with Crippen LogP contribution in [-0.2, 0) is 6.18 Å². The molecule has 10 heteroatoms. The molecule has 0 saturated carbocycles. The van der Waals surface area contributed by atoms with Gasteiger partial charge in [-0.1, -0.05) is 18.5 Å². The van der Waals surface area contributed by atoms with Gasteiger partial charge in [-0.2, -0.15) is 23.0 Å². The Morgan fingerprint density at radius 3 is 2.58 bits per heavy atom. The maximum atomic E-state index is 12.5. The van der Waals surface area contributed by atoms with E-state index in [2.05, 4.69) is 15.4 Å². The van der Waals surface area contributed by atoms with Crippen LogP contribution in [0.4, 0.5) is 18.9 Å². The highest BCUT2D eigenvalue weighted by atomic mass is 35.5. The van der Waals surface area contributed by atoms with Crippen molar-refractivity contribution < 1.29 is 18.3 Å². The Labute approximate surface area is 139 Å². The molecule has 0 aliphatic carbocycles. The topological polar surface area (TPSA) is 80.0 Å². The summed E-state index contributed by atoms with van der Waals surface area (Å²) in [4.78, 5) is 15.8. The second kappa shape index (κ2) is 7.18. The van der Waals surface area contributed by atoms with E-state index in [1.54, 1.807) is 0 Å². The van der Waals surface area contributed by atoms with E-state index < -0.39 is 17.3 Å². The predicted octanol–water partition coefficient (Wildman–Crippen LogP) is 2.48. The molecule has 0 aliphatic rings. The number of aliphatic hydroxyl groups excluding tert-OH is 1. The number of nitrogens with one attached hydrogen (secondary N) is 1. The molecule has 2 N–H and O–H groups in total. The van der Waals surface area contributed by atoms with Gasteiger partial charge in [0.25, 0.3) is 5.56 Å². The van der Waals surface area contributed by atoms with Gasteiger partial charge < -0.3 is 10.4 Å². The highest BCUT2D eigenvalue weighted by Gasteiger charge is 2.30. The molecule has 2 aromatic rings. The van der Waals surface area contributed by atoms with E-state index in [1.807, 2.05) is 6.92 Å². The highest BCUT2D eigenvalue weighted by molar-refractivity contribution is 6.32. The van der Waals surface area contributed by atoms with Crippen LogP contribution in [0, 0.1) is 0 Å². The van der Waals surface area contributed by atoms with Crippen LogP contribution in [-0.4, -0.2) is 32.5 Å². The van der Waals surface area contributed by atoms with E-state index in [-0.39, 0.29) is 29.2 Å². The lowest BCUT2D eigenvalue weighted by Gasteiger charge is -2.16. The number of anilines is 1. The quantitative estimate of drug-likeness (QED) is 0.854. The van der Waals surface area contributed by atoms with Gasteiger partial charge in [-0.15, -0.1) is 0 Å². The fraction of sp³-hybridized carbons (Fsp3) is 0.357. The number of alkyl halides is 3. The third-order valence-electron chi connectivity index (χ3n) is 3.28. The second-order valence-corrected chi connectivity index (χ2v) is 5.30. The van der Waals surface area contributed by atoms with Gasteiger partial charge in [0.1, 0.15) is 5.02 Å². The van der Waals surface area contributed by atoms with Crippen molar-refractivity contribution in [1.82, 2.24) is 14.8 Å². The van der Waals surface area contributed by atoms with Crippen molar-refractivity contribution in [1.29, 1.82) is 0 Å². The first-order valence-corrected chi connectivity index (χ1v) is 7.34. The van der Waals surface area contributed by atoms with Gasteiger partial charge in [-0.3, -0.25) is 4.79 Å². The van der Waals surface area contributed by atoms with E-state index in [0.29, 0.717) is 12.6 Å². The van der Waals surface area contributed by atoms with Gasteiger partial charge in [0.2, 0.25) is 0 Å². The van der Waals surface area contributed by atoms with Crippen molar-refractivity contribution in [2.45, 2.75) is 25.6 Å². The minimum atomic E-state index is -4.52. The summed E-state index contributed by atoms with van der Waals surface area (Å²) in [6, 6.07) is 1.53. The largest absolute Gasteiger partial charge is 0.417 e. The summed E-state index contributed by atoms with van der Waals surface area (Å²) in [7, 11) is 0. The van der Waals surface area contributed by atoms with Crippen LogP contribution in [0.15, 0.2) is 29.3 Å². The molecule has 0 saturated heterocycles. The van der Waals surface area contributed by atoms with Gasteiger partial charge in [-0.05, 0) is 18.6 Å². The Morgan fingerprint density at radius 1 is 1.38 bits per heavy atom. The molecule has 0 fully saturated rings. The van der Waals surface area contributed by atoms with Crippen LogP contribution in [0.1, 0.15) is 18.9 Å². The fourth-order valence-electron chi connectivity index (χ4n) is 1.87. The lowest BCUT2D eigenvalue weighted by molar-refractivity contribution is -0.137. The molecule has 0 spiro atoms. The van der Waals surface area contributed by atoms with Crippen LogP contribution in [0.25, 0.3) is 5.82 Å². The Kier molecular flexibility index (Phi) is 5.45. The van der Waals surface area contributed by atoms with E-state index >= 15 is 0 Å². The standard InChI is InChI=1S/C14H14ClF3N4O2/c1-2-9(7-23)21-10-6-20-22(13(24)12(10)15)11-4-3-8(5-19-11)14(16,17)18/h3-6,9,21,23H,2,7H2,1H3. The number of hydrogen-bond donors (Lipinski definition) is 2. The molecular formula is C14H14ClF3N4O2. The van der Waals surface area contributed by atoms with Crippen molar-refractivity contribution in [3.8, 4) is 5.82 Å². The minimum absolute atomic E-state index is 0.0874. The van der Waals surface area contributed by atoms with E-state index in [9.17, 15) is 18.0 Å². The molecule has 2 rings (SSSR count). The smallest absolute Gasteiger partial charge is 0.394 e. The van der Waals surface area contributed by atoms with Crippen molar-refractivity contribution in [2.75, 3.05) is 11.9 Å². The lowest BCUT2D eigenvalue weighted by Crippen LogP contribution is -2.27. The fourth-order valence-corrected chi connectivity index (χ4v) is 2.06. The SMILES string of the molecule is CCC(CO)Nc1cnn(-c2ccc(C(F)(F)F)cn2)c(=O)c1Cl. The first-order valence-electron chi connectivity index (χ1n) is 6.96. The Bertz CT molecular complexity index is 758. The maximum absolute atomic E-state index is 12.5. The molecule has 130 valence electrons. The van der Waals surface area contributed by atoms with Crippen LogP contribution in [0.3, 0.4) is 0 Å². The van der Waals surface area contributed by atoms with Gasteiger partial charge >= 0.3 is 6.18 Å². The highest BCUT2D eigenvalue weighted by Crippen LogP contribution is 2.28. The van der Waals surface area contributed by atoms with Crippen LogP contribution in [0.5, 0.6) is 0 Å². The molecule has 1 unspecified atom stereocenters. The summed E-state index contributed by atoms with van der Waals surface area (Å²) in [6.45, 7) is 1.68. The van der Waals surface area contributed by atoms with Gasteiger partial charge in [-0.25, -0.2) is 4.98 Å². The molecule has 0 aromatic carbocycles. The molecule has 0 bridgehead atoms. The zero-order valence-corrected chi connectivity index (χ0v) is 13.3. The lowest BCUT2D eigenvalue weighted by atomic mass is 10.2. The van der Waals surface area contributed by atoms with Gasteiger partial charge in [0.15, 0.2) is 5.82 Å². The maximum Gasteiger partial charge on any atom is 0.417 e. The van der Waals surface area contributed by atoms with Crippen molar-refractivity contribution in [2.24, 2.45) is 0 Å². The van der Waals surface area contributed by atoms with Crippen molar-refractivity contribution >= 4 is 17.3 Å². The predicted molar refractivity (Wildman–Crippen MR) is 82.4 cm³/mol. The van der Waals surface area contributed by atoms with Crippen LogP contribution < -0.4 is 10.9 Å². The molecule has 6 nitrogen and oxygen atoms in total. The van der Waals surface area contributed by atoms with Crippen LogP contribution >= 0.6 is 11.6 Å². The zero-order chi connectivity index (χ0) is 17.9. The number of rotatable bonds is 5. The molecule has 2 aromatic heterocycles. The van der Waals surface area contributed by atoms with Gasteiger partial charge in [0, 0.05) is 12.2 Å². The number of halogens is 4. The van der Waals surface area contributed by atoms with Crippen molar-refractivity contribution in [3.05, 3.63) is 45.5 Å². The second-order valence-electron chi connectivity index (χ2n) is 4.92. The summed E-state index contributed by atoms with van der Waals surface area (Å²) in [5.41, 5.74) is -1.44. The number of pyridine rings is 1. The summed E-state index contributed by atoms with van der Waals surface area (Å²) in [5, 5.41) is 15.7. The molecular weight excluding hydrogens is 349 g/mol. The molecule has 0 radical (unpaired) electrons. The average molecular weight is 363 g/mol. The molecule has 1 atom stereocenters. The number of aromatic nitrogens is 3. The van der Waals surface area contributed by atoms with E-state index in [0.717, 1.165) is 16.8 Å². The zero-order valence-electron chi connectivity index (χ0n) is 12.5. The van der Waals surface area contributed by atoms with Gasteiger partial charge in [0.05, 0.1) is 24.1 Å². The first kappa shape index (κ1) is 18.2.